The predicted molar refractivity (Wildman–Crippen MR) is 151 cm³/mol. The molecule has 0 atom stereocenters. The first-order valence-corrected chi connectivity index (χ1v) is 13.0. The van der Waals surface area contributed by atoms with Crippen LogP contribution in [0.1, 0.15) is 31.5 Å². The molecule has 11 nitrogen and oxygen atoms in total. The maximum absolute atomic E-state index is 13.1. The molecule has 0 unspecified atom stereocenters. The Morgan fingerprint density at radius 2 is 1.83 bits per heavy atom. The lowest BCUT2D eigenvalue weighted by atomic mass is 10.1. The van der Waals surface area contributed by atoms with E-state index in [1.54, 1.807) is 11.0 Å². The Kier molecular flexibility index (Phi) is 9.50. The van der Waals surface area contributed by atoms with Gasteiger partial charge in [-0.05, 0) is 31.0 Å². The van der Waals surface area contributed by atoms with E-state index < -0.39 is 12.2 Å². The van der Waals surface area contributed by atoms with Crippen LogP contribution >= 0.6 is 11.6 Å². The zero-order valence-corrected chi connectivity index (χ0v) is 22.5. The molecule has 5 heterocycles. The van der Waals surface area contributed by atoms with Crippen LogP contribution in [-0.4, -0.2) is 59.0 Å². The number of nitrogens with two attached hydrogens (primary N) is 1. The molecule has 4 aromatic rings. The number of carbonyl (C=O) groups is 2. The van der Waals surface area contributed by atoms with Crippen LogP contribution in [-0.2, 0) is 9.59 Å². The van der Waals surface area contributed by atoms with Crippen LogP contribution in [0.3, 0.4) is 0 Å². The largest absolute Gasteiger partial charge is 0.483 e. The Labute approximate surface area is 237 Å². The van der Waals surface area contributed by atoms with Crippen molar-refractivity contribution >= 4 is 57.9 Å². The molecular formula is C27H27ClF2N6O5. The standard InChI is InChI=1S/C15H13F2N3O.C11H12ClN3O2.CH2O2/c16-13(17)14-18-11-9-5-1-2-6-10(9)21-12(11)15(19-14)20-7-3-4-8-20;12-8-3-10(11(17)14-4-8)15-2-1-9(13)7(5-15)6-16;2-1-3/h1-2,5-6,13H,3-4,7-8H2;3-4,6H,1-2,5,13H2,(H,14,17);1H,(H,2,3). The first-order valence-electron chi connectivity index (χ1n) is 12.6. The molecule has 6 rings (SSSR count). The van der Waals surface area contributed by atoms with Crippen molar-refractivity contribution in [2.24, 2.45) is 5.73 Å². The molecule has 0 saturated carbocycles. The van der Waals surface area contributed by atoms with E-state index in [2.05, 4.69) is 15.0 Å². The molecule has 216 valence electrons. The maximum atomic E-state index is 13.1. The Balaban J connectivity index is 0.000000176. The van der Waals surface area contributed by atoms with E-state index in [-0.39, 0.29) is 12.0 Å². The van der Waals surface area contributed by atoms with Crippen molar-refractivity contribution in [1.82, 2.24) is 15.0 Å². The zero-order chi connectivity index (χ0) is 29.5. The number of nitrogens with zero attached hydrogens (tertiary/aromatic N) is 4. The SMILES string of the molecule is FC(F)c1nc(N2CCCC2)c2oc3ccccc3c2n1.NC1=C(C=O)CN(c2cc(Cl)c[nH]c2=O)CC1.O=CO. The number of anilines is 2. The number of H-pyrrole nitrogens is 1. The third-order valence-corrected chi connectivity index (χ3v) is 6.79. The van der Waals surface area contributed by atoms with Crippen LogP contribution < -0.4 is 21.1 Å². The van der Waals surface area contributed by atoms with Gasteiger partial charge in [0.2, 0.25) is 0 Å². The van der Waals surface area contributed by atoms with Crippen molar-refractivity contribution in [3.8, 4) is 0 Å². The van der Waals surface area contributed by atoms with Crippen LogP contribution in [0.15, 0.2) is 57.0 Å². The number of carbonyl (C=O) groups excluding carboxylic acids is 1. The van der Waals surface area contributed by atoms with Gasteiger partial charge in [0.25, 0.3) is 18.5 Å². The van der Waals surface area contributed by atoms with Crippen molar-refractivity contribution in [2.45, 2.75) is 25.7 Å². The molecule has 0 spiro atoms. The number of aldehydes is 1. The molecule has 0 radical (unpaired) electrons. The first kappa shape index (κ1) is 29.5. The van der Waals surface area contributed by atoms with Crippen molar-refractivity contribution in [2.75, 3.05) is 36.0 Å². The van der Waals surface area contributed by atoms with E-state index in [1.165, 1.54) is 6.20 Å². The lowest BCUT2D eigenvalue weighted by molar-refractivity contribution is -0.122. The number of carboxylic acid groups (broad SMARTS) is 1. The number of alkyl halides is 2. The lowest BCUT2D eigenvalue weighted by Crippen LogP contribution is -2.37. The summed E-state index contributed by atoms with van der Waals surface area (Å²) in [6, 6.07) is 8.92. The summed E-state index contributed by atoms with van der Waals surface area (Å²) >= 11 is 5.83. The van der Waals surface area contributed by atoms with Crippen molar-refractivity contribution in [1.29, 1.82) is 0 Å². The van der Waals surface area contributed by atoms with Gasteiger partial charge in [-0.1, -0.05) is 23.7 Å². The molecule has 0 amide bonds. The summed E-state index contributed by atoms with van der Waals surface area (Å²) in [6.07, 6.45) is 2.12. The number of nitrogens with one attached hydrogen (secondary N) is 1. The monoisotopic (exact) mass is 588 g/mol. The number of aromatic amines is 1. The van der Waals surface area contributed by atoms with Crippen molar-refractivity contribution < 1.29 is 27.9 Å². The van der Waals surface area contributed by atoms with Crippen molar-refractivity contribution in [3.05, 3.63) is 69.0 Å². The Bertz CT molecular complexity index is 1630. The summed E-state index contributed by atoms with van der Waals surface area (Å²) in [5, 5.41) is 8.09. The maximum Gasteiger partial charge on any atom is 0.297 e. The van der Waals surface area contributed by atoms with Gasteiger partial charge in [-0.3, -0.25) is 14.4 Å². The average Bonchev–Trinajstić information content (AvgIpc) is 3.63. The van der Waals surface area contributed by atoms with Gasteiger partial charge in [0.05, 0.1) is 5.02 Å². The van der Waals surface area contributed by atoms with Crippen molar-refractivity contribution in [3.63, 3.8) is 0 Å². The molecule has 0 aliphatic carbocycles. The Hall–Kier alpha value is -4.52. The van der Waals surface area contributed by atoms with E-state index in [4.69, 9.17) is 31.7 Å². The highest BCUT2D eigenvalue weighted by Crippen LogP contribution is 2.35. The summed E-state index contributed by atoms with van der Waals surface area (Å²) in [6.45, 7) is 2.32. The topological polar surface area (TPSA) is 159 Å². The number of rotatable bonds is 4. The highest BCUT2D eigenvalue weighted by Gasteiger charge is 2.25. The van der Waals surface area contributed by atoms with Gasteiger partial charge in [-0.15, -0.1) is 0 Å². The zero-order valence-electron chi connectivity index (χ0n) is 21.7. The lowest BCUT2D eigenvalue weighted by Gasteiger charge is -2.28. The fourth-order valence-corrected chi connectivity index (χ4v) is 4.79. The second kappa shape index (κ2) is 13.2. The molecule has 1 aromatic carbocycles. The average molecular weight is 589 g/mol. The number of pyridine rings is 1. The molecule has 2 aliphatic heterocycles. The summed E-state index contributed by atoms with van der Waals surface area (Å²) in [5.41, 5.74) is 8.68. The molecule has 14 heteroatoms. The molecule has 1 fully saturated rings. The van der Waals surface area contributed by atoms with E-state index >= 15 is 0 Å². The van der Waals surface area contributed by atoms with E-state index in [1.807, 2.05) is 29.2 Å². The molecule has 1 saturated heterocycles. The Morgan fingerprint density at radius 1 is 1.12 bits per heavy atom. The number of benzene rings is 1. The van der Waals surface area contributed by atoms with Gasteiger partial charge in [0.15, 0.2) is 17.2 Å². The highest BCUT2D eigenvalue weighted by molar-refractivity contribution is 6.30. The molecule has 3 aromatic heterocycles. The summed E-state index contributed by atoms with van der Waals surface area (Å²) in [7, 11) is 0. The second-order valence-corrected chi connectivity index (χ2v) is 9.59. The number of hydrogen-bond acceptors (Lipinski definition) is 9. The number of aromatic nitrogens is 3. The van der Waals surface area contributed by atoms with Crippen LogP contribution in [0.2, 0.25) is 5.02 Å². The smallest absolute Gasteiger partial charge is 0.297 e. The van der Waals surface area contributed by atoms with Crippen LogP contribution in [0.4, 0.5) is 20.3 Å². The number of para-hydroxylation sites is 1. The fraction of sp³-hybridized carbons (Fsp3) is 0.296. The van der Waals surface area contributed by atoms with Gasteiger partial charge >= 0.3 is 0 Å². The van der Waals surface area contributed by atoms with Gasteiger partial charge in [-0.25, -0.2) is 18.7 Å². The van der Waals surface area contributed by atoms with E-state index in [0.29, 0.717) is 64.0 Å². The first-order chi connectivity index (χ1) is 19.8. The van der Waals surface area contributed by atoms with Gasteiger partial charge in [0.1, 0.15) is 23.1 Å². The van der Waals surface area contributed by atoms with Gasteiger partial charge in [0, 0.05) is 55.5 Å². The quantitative estimate of drug-likeness (QED) is 0.294. The summed E-state index contributed by atoms with van der Waals surface area (Å²) in [4.78, 5) is 45.2. The van der Waals surface area contributed by atoms with Gasteiger partial charge in [-0.2, -0.15) is 0 Å². The number of fused-ring (bicyclic) bond motifs is 3. The summed E-state index contributed by atoms with van der Waals surface area (Å²) < 4.78 is 32.0. The molecule has 4 N–H and O–H groups in total. The van der Waals surface area contributed by atoms with Crippen LogP contribution in [0, 0.1) is 0 Å². The van der Waals surface area contributed by atoms with E-state index in [0.717, 1.165) is 37.6 Å². The highest BCUT2D eigenvalue weighted by atomic mass is 35.5. The molecular weight excluding hydrogens is 562 g/mol. The molecule has 2 aliphatic rings. The minimum absolute atomic E-state index is 0.222. The van der Waals surface area contributed by atoms with Crippen LogP contribution in [0.25, 0.3) is 22.1 Å². The van der Waals surface area contributed by atoms with Crippen LogP contribution in [0.5, 0.6) is 0 Å². The summed E-state index contributed by atoms with van der Waals surface area (Å²) in [5.74, 6) is 0.0555. The minimum atomic E-state index is -2.69. The predicted octanol–water partition coefficient (Wildman–Crippen LogP) is 4.26. The Morgan fingerprint density at radius 3 is 2.51 bits per heavy atom. The second-order valence-electron chi connectivity index (χ2n) is 9.15. The number of halogens is 3. The third kappa shape index (κ3) is 6.62. The third-order valence-electron chi connectivity index (χ3n) is 6.58. The minimum Gasteiger partial charge on any atom is -0.483 e. The number of hydrogen-bond donors (Lipinski definition) is 3. The number of furan rings is 1. The molecule has 41 heavy (non-hydrogen) atoms. The molecule has 0 bridgehead atoms. The van der Waals surface area contributed by atoms with Gasteiger partial charge < -0.3 is 30.0 Å². The van der Waals surface area contributed by atoms with E-state index in [9.17, 15) is 18.4 Å². The fourth-order valence-electron chi connectivity index (χ4n) is 4.64. The normalized spacial score (nSPS) is 15.0.